The molecule has 0 saturated carbocycles. The summed E-state index contributed by atoms with van der Waals surface area (Å²) in [5.41, 5.74) is -1.46. The third-order valence-corrected chi connectivity index (χ3v) is 3.70. The minimum Gasteiger partial charge on any atom is -0.478 e. The standard InChI is InChI=1S/C17H11F2NO3/c1-9-14(17(22)23)10-5-2-3-6-11(10)16(21)20(9)15-12(18)7-4-8-13(15)19/h2-8H,1H3,(H,22,23). The van der Waals surface area contributed by atoms with Crippen molar-refractivity contribution in [1.29, 1.82) is 0 Å². The fourth-order valence-electron chi connectivity index (χ4n) is 2.71. The van der Waals surface area contributed by atoms with Gasteiger partial charge in [0.25, 0.3) is 5.56 Å². The zero-order valence-electron chi connectivity index (χ0n) is 12.0. The van der Waals surface area contributed by atoms with Crippen molar-refractivity contribution in [3.63, 3.8) is 0 Å². The Morgan fingerprint density at radius 1 is 1.00 bits per heavy atom. The van der Waals surface area contributed by atoms with Crippen LogP contribution >= 0.6 is 0 Å². The first-order valence-electron chi connectivity index (χ1n) is 6.75. The van der Waals surface area contributed by atoms with Crippen LogP contribution in [0.25, 0.3) is 16.5 Å². The molecule has 0 aliphatic carbocycles. The summed E-state index contributed by atoms with van der Waals surface area (Å²) in [7, 11) is 0. The van der Waals surface area contributed by atoms with Gasteiger partial charge in [0.1, 0.15) is 17.3 Å². The molecule has 116 valence electrons. The average Bonchev–Trinajstić information content (AvgIpc) is 2.50. The molecule has 0 amide bonds. The number of nitrogens with zero attached hydrogens (tertiary/aromatic N) is 1. The number of fused-ring (bicyclic) bond motifs is 1. The Hall–Kier alpha value is -3.02. The van der Waals surface area contributed by atoms with Gasteiger partial charge in [-0.2, -0.15) is 0 Å². The van der Waals surface area contributed by atoms with Crippen LogP contribution in [0.3, 0.4) is 0 Å². The van der Waals surface area contributed by atoms with E-state index in [-0.39, 0.29) is 22.0 Å². The lowest BCUT2D eigenvalue weighted by atomic mass is 10.0. The second kappa shape index (κ2) is 5.31. The summed E-state index contributed by atoms with van der Waals surface area (Å²) in [5, 5.41) is 9.78. The number of aromatic nitrogens is 1. The molecule has 1 N–H and O–H groups in total. The molecule has 23 heavy (non-hydrogen) atoms. The minimum absolute atomic E-state index is 0.0369. The fourth-order valence-corrected chi connectivity index (χ4v) is 2.71. The molecule has 0 aliphatic heterocycles. The maximum atomic E-state index is 14.1. The van der Waals surface area contributed by atoms with E-state index >= 15 is 0 Å². The van der Waals surface area contributed by atoms with Gasteiger partial charge in [0.05, 0.1) is 5.56 Å². The van der Waals surface area contributed by atoms with Crippen LogP contribution in [-0.4, -0.2) is 15.6 Å². The molecule has 6 heteroatoms. The molecular formula is C17H11F2NO3. The van der Waals surface area contributed by atoms with Crippen molar-refractivity contribution in [3.8, 4) is 5.69 Å². The van der Waals surface area contributed by atoms with Crippen molar-refractivity contribution in [2.45, 2.75) is 6.92 Å². The van der Waals surface area contributed by atoms with Gasteiger partial charge in [-0.1, -0.05) is 24.3 Å². The number of carbonyl (C=O) groups is 1. The molecule has 0 spiro atoms. The quantitative estimate of drug-likeness (QED) is 0.789. The molecule has 0 radical (unpaired) electrons. The highest BCUT2D eigenvalue weighted by Gasteiger charge is 2.22. The molecule has 0 fully saturated rings. The van der Waals surface area contributed by atoms with Crippen molar-refractivity contribution in [2.75, 3.05) is 0 Å². The van der Waals surface area contributed by atoms with Crippen LogP contribution in [0.15, 0.2) is 47.3 Å². The molecule has 0 saturated heterocycles. The molecule has 1 aromatic heterocycles. The molecule has 0 aliphatic rings. The van der Waals surface area contributed by atoms with E-state index in [9.17, 15) is 23.5 Å². The molecule has 1 heterocycles. The molecule has 0 atom stereocenters. The number of pyridine rings is 1. The molecule has 3 aromatic rings. The lowest BCUT2D eigenvalue weighted by Gasteiger charge is -2.16. The number of hydrogen-bond acceptors (Lipinski definition) is 2. The molecular weight excluding hydrogens is 304 g/mol. The number of benzene rings is 2. The largest absolute Gasteiger partial charge is 0.478 e. The highest BCUT2D eigenvalue weighted by Crippen LogP contribution is 2.24. The SMILES string of the molecule is Cc1c(C(=O)O)c2ccccc2c(=O)n1-c1c(F)cccc1F. The fraction of sp³-hybridized carbons (Fsp3) is 0.0588. The number of rotatable bonds is 2. The van der Waals surface area contributed by atoms with E-state index in [1.165, 1.54) is 25.1 Å². The molecule has 0 unspecified atom stereocenters. The Labute approximate surface area is 129 Å². The van der Waals surface area contributed by atoms with Crippen molar-refractivity contribution < 1.29 is 18.7 Å². The summed E-state index contributed by atoms with van der Waals surface area (Å²) in [4.78, 5) is 24.3. The van der Waals surface area contributed by atoms with E-state index in [1.807, 2.05) is 0 Å². The van der Waals surface area contributed by atoms with Crippen LogP contribution in [0.1, 0.15) is 16.1 Å². The first-order chi connectivity index (χ1) is 10.9. The van der Waals surface area contributed by atoms with Gasteiger partial charge >= 0.3 is 5.97 Å². The van der Waals surface area contributed by atoms with E-state index in [2.05, 4.69) is 0 Å². The summed E-state index contributed by atoms with van der Waals surface area (Å²) in [6.07, 6.45) is 0. The van der Waals surface area contributed by atoms with Crippen molar-refractivity contribution >= 4 is 16.7 Å². The maximum Gasteiger partial charge on any atom is 0.338 e. The maximum absolute atomic E-state index is 14.1. The number of halogens is 2. The van der Waals surface area contributed by atoms with Gasteiger partial charge in [0.2, 0.25) is 0 Å². The van der Waals surface area contributed by atoms with Gasteiger partial charge in [0, 0.05) is 16.5 Å². The summed E-state index contributed by atoms with van der Waals surface area (Å²) in [6.45, 7) is 1.35. The van der Waals surface area contributed by atoms with Crippen LogP contribution in [0, 0.1) is 18.6 Å². The summed E-state index contributed by atoms with van der Waals surface area (Å²) < 4.78 is 28.9. The number of carboxylic acids is 1. The van der Waals surface area contributed by atoms with E-state index in [0.29, 0.717) is 0 Å². The highest BCUT2D eigenvalue weighted by atomic mass is 19.1. The minimum atomic E-state index is -1.27. The first kappa shape index (κ1) is 14.9. The number of carboxylic acid groups (broad SMARTS) is 1. The second-order valence-corrected chi connectivity index (χ2v) is 5.02. The molecule has 2 aromatic carbocycles. The average molecular weight is 315 g/mol. The molecule has 4 nitrogen and oxygen atoms in total. The zero-order chi connectivity index (χ0) is 16.7. The van der Waals surface area contributed by atoms with E-state index in [1.54, 1.807) is 12.1 Å². The van der Waals surface area contributed by atoms with Gasteiger partial charge in [0.15, 0.2) is 0 Å². The smallest absolute Gasteiger partial charge is 0.338 e. The predicted molar refractivity (Wildman–Crippen MR) is 81.2 cm³/mol. The topological polar surface area (TPSA) is 59.3 Å². The van der Waals surface area contributed by atoms with E-state index in [4.69, 9.17) is 0 Å². The third kappa shape index (κ3) is 2.19. The normalized spacial score (nSPS) is 10.9. The van der Waals surface area contributed by atoms with Crippen LogP contribution in [-0.2, 0) is 0 Å². The van der Waals surface area contributed by atoms with Crippen LogP contribution in [0.2, 0.25) is 0 Å². The predicted octanol–water partition coefficient (Wildman–Crippen LogP) is 3.28. The van der Waals surface area contributed by atoms with E-state index in [0.717, 1.165) is 16.7 Å². The Kier molecular flexibility index (Phi) is 3.44. The zero-order valence-corrected chi connectivity index (χ0v) is 12.0. The van der Waals surface area contributed by atoms with Gasteiger partial charge in [-0.3, -0.25) is 9.36 Å². The van der Waals surface area contributed by atoms with Crippen molar-refractivity contribution in [1.82, 2.24) is 4.57 Å². The highest BCUT2D eigenvalue weighted by molar-refractivity contribution is 6.04. The lowest BCUT2D eigenvalue weighted by molar-refractivity contribution is 0.0697. The summed E-state index contributed by atoms with van der Waals surface area (Å²) >= 11 is 0. The Morgan fingerprint density at radius 2 is 1.57 bits per heavy atom. The molecule has 3 rings (SSSR count). The monoisotopic (exact) mass is 315 g/mol. The van der Waals surface area contributed by atoms with Crippen LogP contribution in [0.5, 0.6) is 0 Å². The Balaban J connectivity index is 2.58. The summed E-state index contributed by atoms with van der Waals surface area (Å²) in [5.74, 6) is -3.16. The second-order valence-electron chi connectivity index (χ2n) is 5.02. The number of para-hydroxylation sites is 1. The first-order valence-corrected chi connectivity index (χ1v) is 6.75. The Morgan fingerprint density at radius 3 is 2.13 bits per heavy atom. The summed E-state index contributed by atoms with van der Waals surface area (Å²) in [6, 6.07) is 9.29. The van der Waals surface area contributed by atoms with Crippen LogP contribution < -0.4 is 5.56 Å². The van der Waals surface area contributed by atoms with Crippen molar-refractivity contribution in [3.05, 3.63) is 75.7 Å². The Bertz CT molecular complexity index is 988. The van der Waals surface area contributed by atoms with Gasteiger partial charge < -0.3 is 5.11 Å². The van der Waals surface area contributed by atoms with Crippen molar-refractivity contribution in [2.24, 2.45) is 0 Å². The lowest BCUT2D eigenvalue weighted by Crippen LogP contribution is -2.25. The number of aromatic carboxylic acids is 1. The molecule has 0 bridgehead atoms. The van der Waals surface area contributed by atoms with Crippen LogP contribution in [0.4, 0.5) is 8.78 Å². The van der Waals surface area contributed by atoms with Gasteiger partial charge in [-0.05, 0) is 25.1 Å². The third-order valence-electron chi connectivity index (χ3n) is 3.70. The van der Waals surface area contributed by atoms with Gasteiger partial charge in [-0.15, -0.1) is 0 Å². The number of hydrogen-bond donors (Lipinski definition) is 1. The van der Waals surface area contributed by atoms with Gasteiger partial charge in [-0.25, -0.2) is 13.6 Å². The van der Waals surface area contributed by atoms with E-state index < -0.39 is 28.9 Å².